The van der Waals surface area contributed by atoms with E-state index < -0.39 is 12.0 Å². The van der Waals surface area contributed by atoms with Crippen molar-refractivity contribution in [3.63, 3.8) is 0 Å². The van der Waals surface area contributed by atoms with Gasteiger partial charge < -0.3 is 19.5 Å². The molecule has 4 aromatic rings. The first kappa shape index (κ1) is 19.4. The number of fused-ring (bicyclic) bond motifs is 1. The number of amides is 1. The number of hydrogen-bond donors (Lipinski definition) is 2. The van der Waals surface area contributed by atoms with Gasteiger partial charge in [0.2, 0.25) is 0 Å². The number of carbonyl (C=O) groups excluding carboxylic acids is 1. The number of carbonyl (C=O) groups is 2. The summed E-state index contributed by atoms with van der Waals surface area (Å²) < 4.78 is 6.90. The predicted molar refractivity (Wildman–Crippen MR) is 110 cm³/mol. The highest BCUT2D eigenvalue weighted by Gasteiger charge is 2.21. The average Bonchev–Trinajstić information content (AvgIpc) is 3.29. The molecule has 4 rings (SSSR count). The number of imidazole rings is 1. The van der Waals surface area contributed by atoms with Crippen molar-refractivity contribution in [3.05, 3.63) is 77.4 Å². The van der Waals surface area contributed by atoms with Crippen LogP contribution in [0.3, 0.4) is 0 Å². The van der Waals surface area contributed by atoms with Crippen LogP contribution in [0.15, 0.2) is 59.4 Å². The van der Waals surface area contributed by atoms with Crippen LogP contribution in [-0.2, 0) is 4.79 Å². The molecule has 2 aromatic heterocycles. The predicted octanol–water partition coefficient (Wildman–Crippen LogP) is 3.96. The van der Waals surface area contributed by atoms with E-state index in [-0.39, 0.29) is 12.3 Å². The fourth-order valence-corrected chi connectivity index (χ4v) is 3.58. The van der Waals surface area contributed by atoms with E-state index in [0.29, 0.717) is 28.2 Å². The summed E-state index contributed by atoms with van der Waals surface area (Å²) >= 11 is 0. The van der Waals surface area contributed by atoms with Crippen molar-refractivity contribution in [3.8, 4) is 0 Å². The first-order chi connectivity index (χ1) is 14.4. The Balaban J connectivity index is 1.66. The SMILES string of the molecule is Cc1noc(C)c1C(=O)Nc1ccc2c(c1)ncn2C(CC(=O)O)c1ccccc1. The summed E-state index contributed by atoms with van der Waals surface area (Å²) in [7, 11) is 0. The molecule has 0 bridgehead atoms. The molecule has 0 aliphatic rings. The molecule has 1 unspecified atom stereocenters. The van der Waals surface area contributed by atoms with E-state index in [2.05, 4.69) is 15.5 Å². The maximum Gasteiger partial charge on any atom is 0.305 e. The van der Waals surface area contributed by atoms with Crippen LogP contribution in [0.4, 0.5) is 5.69 Å². The molecule has 2 aromatic carbocycles. The number of aryl methyl sites for hydroxylation is 2. The number of hydrogen-bond acceptors (Lipinski definition) is 5. The largest absolute Gasteiger partial charge is 0.481 e. The standard InChI is InChI=1S/C22H20N4O4/c1-13-21(14(2)30-25-13)22(29)24-16-8-9-18-17(10-16)23-12-26(18)19(11-20(27)28)15-6-4-3-5-7-15/h3-10,12,19H,11H2,1-2H3,(H,24,29)(H,27,28). The lowest BCUT2D eigenvalue weighted by atomic mass is 10.0. The van der Waals surface area contributed by atoms with Gasteiger partial charge in [-0.2, -0.15) is 0 Å². The lowest BCUT2D eigenvalue weighted by Crippen LogP contribution is -2.15. The number of nitrogens with one attached hydrogen (secondary N) is 1. The maximum absolute atomic E-state index is 12.6. The molecule has 0 saturated carbocycles. The molecule has 0 fully saturated rings. The van der Waals surface area contributed by atoms with Crippen LogP contribution >= 0.6 is 0 Å². The van der Waals surface area contributed by atoms with Crippen molar-refractivity contribution in [1.82, 2.24) is 14.7 Å². The van der Waals surface area contributed by atoms with Crippen molar-refractivity contribution in [2.75, 3.05) is 5.32 Å². The van der Waals surface area contributed by atoms with Crippen LogP contribution in [0.1, 0.15) is 39.8 Å². The third-order valence-corrected chi connectivity index (χ3v) is 4.98. The van der Waals surface area contributed by atoms with E-state index in [9.17, 15) is 14.7 Å². The summed E-state index contributed by atoms with van der Waals surface area (Å²) in [4.78, 5) is 28.5. The Hall–Kier alpha value is -3.94. The second-order valence-corrected chi connectivity index (χ2v) is 7.03. The van der Waals surface area contributed by atoms with E-state index in [1.807, 2.05) is 41.0 Å². The van der Waals surface area contributed by atoms with E-state index >= 15 is 0 Å². The summed E-state index contributed by atoms with van der Waals surface area (Å²) in [6, 6.07) is 14.4. The molecule has 30 heavy (non-hydrogen) atoms. The topological polar surface area (TPSA) is 110 Å². The number of aromatic nitrogens is 3. The van der Waals surface area contributed by atoms with Crippen molar-refractivity contribution < 1.29 is 19.2 Å². The van der Waals surface area contributed by atoms with Crippen molar-refractivity contribution in [2.45, 2.75) is 26.3 Å². The fraction of sp³-hybridized carbons (Fsp3) is 0.182. The van der Waals surface area contributed by atoms with Crippen LogP contribution in [0, 0.1) is 13.8 Å². The van der Waals surface area contributed by atoms with Crippen LogP contribution in [0.2, 0.25) is 0 Å². The highest BCUT2D eigenvalue weighted by molar-refractivity contribution is 6.06. The molecule has 0 radical (unpaired) electrons. The molecule has 152 valence electrons. The molecule has 8 nitrogen and oxygen atoms in total. The lowest BCUT2D eigenvalue weighted by molar-refractivity contribution is -0.137. The number of carboxylic acid groups (broad SMARTS) is 1. The van der Waals surface area contributed by atoms with Crippen LogP contribution < -0.4 is 5.32 Å². The smallest absolute Gasteiger partial charge is 0.305 e. The molecule has 1 amide bonds. The highest BCUT2D eigenvalue weighted by atomic mass is 16.5. The summed E-state index contributed by atoms with van der Waals surface area (Å²) in [6.07, 6.45) is 1.56. The Bertz CT molecular complexity index is 1210. The third kappa shape index (κ3) is 3.67. The zero-order valence-electron chi connectivity index (χ0n) is 16.5. The minimum absolute atomic E-state index is 0.0694. The molecule has 0 saturated heterocycles. The highest BCUT2D eigenvalue weighted by Crippen LogP contribution is 2.28. The van der Waals surface area contributed by atoms with Gasteiger partial charge in [-0.05, 0) is 37.6 Å². The van der Waals surface area contributed by atoms with Gasteiger partial charge in [-0.15, -0.1) is 0 Å². The first-order valence-electron chi connectivity index (χ1n) is 9.41. The van der Waals surface area contributed by atoms with Gasteiger partial charge in [0.1, 0.15) is 11.3 Å². The van der Waals surface area contributed by atoms with E-state index in [1.54, 1.807) is 32.3 Å². The molecule has 8 heteroatoms. The fourth-order valence-electron chi connectivity index (χ4n) is 3.58. The van der Waals surface area contributed by atoms with E-state index in [0.717, 1.165) is 11.1 Å². The zero-order chi connectivity index (χ0) is 21.3. The Morgan fingerprint density at radius 1 is 1.17 bits per heavy atom. The minimum Gasteiger partial charge on any atom is -0.481 e. The van der Waals surface area contributed by atoms with E-state index in [4.69, 9.17) is 4.52 Å². The Kier molecular flexibility index (Phi) is 5.05. The molecule has 2 heterocycles. The first-order valence-corrected chi connectivity index (χ1v) is 9.41. The third-order valence-electron chi connectivity index (χ3n) is 4.98. The van der Waals surface area contributed by atoms with Gasteiger partial charge in [-0.25, -0.2) is 4.98 Å². The maximum atomic E-state index is 12.6. The molecule has 2 N–H and O–H groups in total. The van der Waals surface area contributed by atoms with Gasteiger partial charge in [0.15, 0.2) is 0 Å². The van der Waals surface area contributed by atoms with Crippen molar-refractivity contribution in [1.29, 1.82) is 0 Å². The second-order valence-electron chi connectivity index (χ2n) is 7.03. The monoisotopic (exact) mass is 404 g/mol. The molecule has 0 spiro atoms. The normalized spacial score (nSPS) is 12.1. The van der Waals surface area contributed by atoms with Gasteiger partial charge in [0.05, 0.1) is 35.5 Å². The van der Waals surface area contributed by atoms with Gasteiger partial charge in [0, 0.05) is 5.69 Å². The Labute approximate surface area is 172 Å². The van der Waals surface area contributed by atoms with Crippen molar-refractivity contribution in [2.24, 2.45) is 0 Å². The summed E-state index contributed by atoms with van der Waals surface area (Å²) in [5.41, 5.74) is 3.82. The lowest BCUT2D eigenvalue weighted by Gasteiger charge is -2.18. The Morgan fingerprint density at radius 2 is 1.93 bits per heavy atom. The molecule has 1 atom stereocenters. The molecular weight excluding hydrogens is 384 g/mol. The van der Waals surface area contributed by atoms with E-state index in [1.165, 1.54) is 0 Å². The zero-order valence-corrected chi connectivity index (χ0v) is 16.5. The Morgan fingerprint density at radius 3 is 2.60 bits per heavy atom. The number of carboxylic acids is 1. The summed E-state index contributed by atoms with van der Waals surface area (Å²) in [6.45, 7) is 3.40. The number of nitrogens with zero attached hydrogens (tertiary/aromatic N) is 3. The van der Waals surface area contributed by atoms with Gasteiger partial charge in [-0.3, -0.25) is 9.59 Å². The van der Waals surface area contributed by atoms with Gasteiger partial charge >= 0.3 is 5.97 Å². The van der Waals surface area contributed by atoms with Gasteiger partial charge in [0.25, 0.3) is 5.91 Å². The quantitative estimate of drug-likeness (QED) is 0.503. The average molecular weight is 404 g/mol. The van der Waals surface area contributed by atoms with Crippen molar-refractivity contribution >= 4 is 28.6 Å². The summed E-state index contributed by atoms with van der Waals surface area (Å²) in [5, 5.41) is 16.0. The number of anilines is 1. The molecule has 0 aliphatic heterocycles. The number of rotatable bonds is 6. The van der Waals surface area contributed by atoms with Gasteiger partial charge in [-0.1, -0.05) is 35.5 Å². The molecule has 0 aliphatic carbocycles. The second kappa shape index (κ2) is 7.82. The van der Waals surface area contributed by atoms with Crippen LogP contribution in [0.25, 0.3) is 11.0 Å². The minimum atomic E-state index is -0.894. The number of benzene rings is 2. The van der Waals surface area contributed by atoms with Crippen LogP contribution in [-0.4, -0.2) is 31.7 Å². The number of aliphatic carboxylic acids is 1. The molecular formula is C22H20N4O4. The van der Waals surface area contributed by atoms with Crippen LogP contribution in [0.5, 0.6) is 0 Å². The summed E-state index contributed by atoms with van der Waals surface area (Å²) in [5.74, 6) is -0.748.